The minimum absolute atomic E-state index is 0.0295. The van der Waals surface area contributed by atoms with Crippen LogP contribution in [0.3, 0.4) is 0 Å². The maximum atomic E-state index is 12.2. The summed E-state index contributed by atoms with van der Waals surface area (Å²) in [5.74, 6) is -0.272. The fraction of sp³-hybridized carbons (Fsp3) is 0.696. The molecule has 1 amide bonds. The first-order valence-electron chi connectivity index (χ1n) is 11.1. The van der Waals surface area contributed by atoms with E-state index in [1.54, 1.807) is 6.07 Å². The van der Waals surface area contributed by atoms with Crippen LogP contribution in [0.25, 0.3) is 0 Å². The van der Waals surface area contributed by atoms with Crippen LogP contribution >= 0.6 is 0 Å². The third-order valence-electron chi connectivity index (χ3n) is 8.84. The van der Waals surface area contributed by atoms with Crippen LogP contribution in [0.5, 0.6) is 5.75 Å². The van der Waals surface area contributed by atoms with Gasteiger partial charge >= 0.3 is 0 Å². The molecule has 2 saturated carbocycles. The first-order valence-corrected chi connectivity index (χ1v) is 11.1. The number of aliphatic hydroxyl groups is 2. The Hall–Kier alpha value is -1.63. The summed E-state index contributed by atoms with van der Waals surface area (Å²) in [5.41, 5.74) is 5.44. The molecule has 1 unspecified atom stereocenters. The molecule has 0 spiro atoms. The van der Waals surface area contributed by atoms with Gasteiger partial charge < -0.3 is 21.1 Å². The molecular formula is C23H32N2O4. The van der Waals surface area contributed by atoms with Crippen molar-refractivity contribution < 1.29 is 20.1 Å². The lowest BCUT2D eigenvalue weighted by atomic mass is 9.45. The normalized spacial score (nSPS) is 39.3. The fourth-order valence-corrected chi connectivity index (χ4v) is 7.05. The molecule has 0 radical (unpaired) electrons. The molecule has 1 heterocycles. The van der Waals surface area contributed by atoms with Crippen molar-refractivity contribution in [2.24, 2.45) is 17.6 Å². The number of carbonyl (C=O) groups excluding carboxylic acids is 1. The largest absolute Gasteiger partial charge is 0.507 e. The number of primary amides is 1. The number of hydrogen-bond acceptors (Lipinski definition) is 5. The SMILES string of the molecule is CC1[C@@H](O)CC[C@@]2(O)[C@H]3Cc4ccc(C(N)=O)c(O)c4[C@@]12CCN3CC1CCC1. The molecule has 6 heteroatoms. The maximum absolute atomic E-state index is 12.2. The molecule has 1 aliphatic heterocycles. The predicted octanol–water partition coefficient (Wildman–Crippen LogP) is 1.68. The number of rotatable bonds is 3. The summed E-state index contributed by atoms with van der Waals surface area (Å²) in [4.78, 5) is 14.4. The second-order valence-corrected chi connectivity index (χ2v) is 9.91. The average Bonchev–Trinajstić information content (AvgIpc) is 2.63. The number of carbonyl (C=O) groups is 1. The Morgan fingerprint density at radius 3 is 2.69 bits per heavy atom. The highest BCUT2D eigenvalue weighted by atomic mass is 16.3. The summed E-state index contributed by atoms with van der Waals surface area (Å²) in [5, 5.41) is 34.2. The zero-order valence-corrected chi connectivity index (χ0v) is 17.1. The number of phenols is 1. The first-order chi connectivity index (χ1) is 13.8. The van der Waals surface area contributed by atoms with Gasteiger partial charge in [0.1, 0.15) is 5.75 Å². The molecule has 5 rings (SSSR count). The monoisotopic (exact) mass is 400 g/mol. The molecule has 5 N–H and O–H groups in total. The number of piperidine rings is 1. The van der Waals surface area contributed by atoms with Crippen LogP contribution in [0.2, 0.25) is 0 Å². The number of likely N-dealkylation sites (tertiary alicyclic amines) is 1. The molecule has 0 aromatic heterocycles. The molecule has 158 valence electrons. The van der Waals surface area contributed by atoms with E-state index in [-0.39, 0.29) is 23.3 Å². The van der Waals surface area contributed by atoms with E-state index in [0.717, 1.165) is 18.7 Å². The van der Waals surface area contributed by atoms with Gasteiger partial charge in [-0.15, -0.1) is 0 Å². The molecule has 3 fully saturated rings. The van der Waals surface area contributed by atoms with Crippen LogP contribution in [0.15, 0.2) is 12.1 Å². The van der Waals surface area contributed by atoms with Gasteiger partial charge in [0.05, 0.1) is 17.3 Å². The predicted molar refractivity (Wildman–Crippen MR) is 109 cm³/mol. The number of amides is 1. The molecule has 29 heavy (non-hydrogen) atoms. The third-order valence-corrected chi connectivity index (χ3v) is 8.84. The van der Waals surface area contributed by atoms with E-state index in [2.05, 4.69) is 4.90 Å². The van der Waals surface area contributed by atoms with Crippen LogP contribution < -0.4 is 5.73 Å². The van der Waals surface area contributed by atoms with Gasteiger partial charge in [-0.2, -0.15) is 0 Å². The Kier molecular flexibility index (Phi) is 4.29. The van der Waals surface area contributed by atoms with Crippen LogP contribution in [0.1, 0.15) is 66.9 Å². The lowest BCUT2D eigenvalue weighted by molar-refractivity contribution is -0.206. The lowest BCUT2D eigenvalue weighted by Gasteiger charge is -2.67. The van der Waals surface area contributed by atoms with Gasteiger partial charge in [-0.25, -0.2) is 0 Å². The van der Waals surface area contributed by atoms with E-state index in [4.69, 9.17) is 5.73 Å². The number of aliphatic hydroxyl groups excluding tert-OH is 1. The molecule has 1 saturated heterocycles. The number of hydrogen-bond donors (Lipinski definition) is 4. The van der Waals surface area contributed by atoms with E-state index >= 15 is 0 Å². The molecule has 3 aliphatic carbocycles. The number of nitrogens with two attached hydrogens (primary N) is 1. The Bertz CT molecular complexity index is 854. The number of benzene rings is 1. The summed E-state index contributed by atoms with van der Waals surface area (Å²) in [7, 11) is 0. The summed E-state index contributed by atoms with van der Waals surface area (Å²) in [6, 6.07) is 3.47. The first kappa shape index (κ1) is 19.3. The van der Waals surface area contributed by atoms with E-state index < -0.39 is 23.0 Å². The topological polar surface area (TPSA) is 107 Å². The van der Waals surface area contributed by atoms with Crippen LogP contribution in [0, 0.1) is 11.8 Å². The smallest absolute Gasteiger partial charge is 0.252 e. The highest BCUT2D eigenvalue weighted by molar-refractivity contribution is 5.96. The van der Waals surface area contributed by atoms with Crippen molar-refractivity contribution in [3.05, 3.63) is 28.8 Å². The minimum Gasteiger partial charge on any atom is -0.507 e. The molecule has 1 aromatic carbocycles. The zero-order chi connectivity index (χ0) is 20.6. The van der Waals surface area contributed by atoms with Crippen molar-refractivity contribution in [1.82, 2.24) is 4.90 Å². The third kappa shape index (κ3) is 2.42. The maximum Gasteiger partial charge on any atom is 0.252 e. The van der Waals surface area contributed by atoms with E-state index in [9.17, 15) is 20.1 Å². The van der Waals surface area contributed by atoms with Gasteiger partial charge in [-0.05, 0) is 68.5 Å². The van der Waals surface area contributed by atoms with E-state index in [1.807, 2.05) is 13.0 Å². The fourth-order valence-electron chi connectivity index (χ4n) is 7.05. The summed E-state index contributed by atoms with van der Waals surface area (Å²) in [6.45, 7) is 3.83. The molecule has 1 aromatic rings. The van der Waals surface area contributed by atoms with Crippen molar-refractivity contribution in [2.75, 3.05) is 13.1 Å². The number of aromatic hydroxyl groups is 1. The van der Waals surface area contributed by atoms with Crippen molar-refractivity contribution in [3.8, 4) is 5.75 Å². The van der Waals surface area contributed by atoms with Crippen LogP contribution in [0.4, 0.5) is 0 Å². The van der Waals surface area contributed by atoms with Crippen LogP contribution in [-0.2, 0) is 11.8 Å². The van der Waals surface area contributed by atoms with Crippen molar-refractivity contribution in [3.63, 3.8) is 0 Å². The average molecular weight is 401 g/mol. The Balaban J connectivity index is 1.69. The minimum atomic E-state index is -1.03. The standard InChI is InChI=1S/C23H32N2O4/c1-13-17(26)7-8-23(29)18-11-15-5-6-16(21(24)28)20(27)19(15)22(13,23)9-10-25(18)12-14-3-2-4-14/h5-6,13-14,17-18,26-27,29H,2-4,7-12H2,1H3,(H2,24,28)/t13?,17-,18+,22+,23+/m0/s1. The van der Waals surface area contributed by atoms with E-state index in [0.29, 0.717) is 37.2 Å². The zero-order valence-electron chi connectivity index (χ0n) is 17.1. The van der Waals surface area contributed by atoms with Crippen LogP contribution in [-0.4, -0.2) is 57.0 Å². The quantitative estimate of drug-likeness (QED) is 0.618. The summed E-state index contributed by atoms with van der Waals surface area (Å²) < 4.78 is 0. The van der Waals surface area contributed by atoms with Gasteiger partial charge in [0, 0.05) is 23.6 Å². The van der Waals surface area contributed by atoms with Gasteiger partial charge in [-0.1, -0.05) is 19.4 Å². The van der Waals surface area contributed by atoms with Gasteiger partial charge in [0.25, 0.3) is 5.91 Å². The van der Waals surface area contributed by atoms with Crippen molar-refractivity contribution >= 4 is 5.91 Å². The Morgan fingerprint density at radius 2 is 2.03 bits per heavy atom. The Morgan fingerprint density at radius 1 is 1.28 bits per heavy atom. The number of nitrogens with zero attached hydrogens (tertiary/aromatic N) is 1. The molecule has 6 nitrogen and oxygen atoms in total. The summed E-state index contributed by atoms with van der Waals surface area (Å²) >= 11 is 0. The molecule has 5 atom stereocenters. The van der Waals surface area contributed by atoms with Gasteiger partial charge in [-0.3, -0.25) is 9.69 Å². The van der Waals surface area contributed by atoms with E-state index in [1.165, 1.54) is 19.3 Å². The second kappa shape index (κ2) is 6.43. The molecule has 4 aliphatic rings. The lowest BCUT2D eigenvalue weighted by Crippen LogP contribution is -2.76. The highest BCUT2D eigenvalue weighted by Gasteiger charge is 2.68. The molecular weight excluding hydrogens is 368 g/mol. The Labute approximate surface area is 171 Å². The molecule has 2 bridgehead atoms. The highest BCUT2D eigenvalue weighted by Crippen LogP contribution is 2.62. The number of fused-ring (bicyclic) bond motifs is 1. The van der Waals surface area contributed by atoms with Gasteiger partial charge in [0.15, 0.2) is 0 Å². The summed E-state index contributed by atoms with van der Waals surface area (Å²) in [6.07, 6.45) is 5.65. The van der Waals surface area contributed by atoms with Gasteiger partial charge in [0.2, 0.25) is 0 Å². The van der Waals surface area contributed by atoms with Crippen molar-refractivity contribution in [2.45, 2.75) is 75.0 Å². The second-order valence-electron chi connectivity index (χ2n) is 9.91. The van der Waals surface area contributed by atoms with Crippen molar-refractivity contribution in [1.29, 1.82) is 0 Å².